The molecule has 1 aromatic carbocycles. The molecule has 2 atom stereocenters. The summed E-state index contributed by atoms with van der Waals surface area (Å²) in [6, 6.07) is 2.95. The fourth-order valence-corrected chi connectivity index (χ4v) is 3.90. The van der Waals surface area contributed by atoms with E-state index in [-0.39, 0.29) is 35.1 Å². The monoisotopic (exact) mass is 427 g/mol. The molecule has 0 aromatic heterocycles. The minimum Gasteiger partial charge on any atom is -0.496 e. The number of aliphatic carboxylic acids is 1. The Bertz CT molecular complexity index is 716. The predicted octanol–water partition coefficient (Wildman–Crippen LogP) is 2.39. The molecule has 0 radical (unpaired) electrons. The van der Waals surface area contributed by atoms with Crippen LogP contribution < -0.4 is 15.8 Å². The van der Waals surface area contributed by atoms with Gasteiger partial charge in [0.05, 0.1) is 24.3 Å². The zero-order valence-corrected chi connectivity index (χ0v) is 17.7. The number of rotatable bonds is 10. The Kier molecular flexibility index (Phi) is 9.00. The van der Waals surface area contributed by atoms with Gasteiger partial charge in [-0.25, -0.2) is 0 Å². The highest BCUT2D eigenvalue weighted by Crippen LogP contribution is 2.30. The molecule has 4 N–H and O–H groups in total. The van der Waals surface area contributed by atoms with E-state index in [1.807, 2.05) is 0 Å². The second kappa shape index (κ2) is 11.2. The molecule has 1 fully saturated rings. The summed E-state index contributed by atoms with van der Waals surface area (Å²) in [7, 11) is 3.10. The first kappa shape index (κ1) is 23.3. The van der Waals surface area contributed by atoms with Gasteiger partial charge in [-0.05, 0) is 31.9 Å². The summed E-state index contributed by atoms with van der Waals surface area (Å²) in [5.41, 5.74) is 6.46. The molecule has 0 bridgehead atoms. The van der Waals surface area contributed by atoms with Gasteiger partial charge in [-0.2, -0.15) is 0 Å². The summed E-state index contributed by atoms with van der Waals surface area (Å²) >= 11 is 6.22. The second-order valence-corrected chi connectivity index (χ2v) is 7.63. The van der Waals surface area contributed by atoms with Crippen molar-refractivity contribution < 1.29 is 24.2 Å². The minimum atomic E-state index is -0.751. The number of ether oxygens (including phenoxy) is 2. The lowest BCUT2D eigenvalue weighted by Gasteiger charge is -2.38. The maximum atomic E-state index is 12.8. The number of carboxylic acids is 1. The molecule has 162 valence electrons. The molecular formula is C20H30ClN3O5. The number of nitrogens with zero attached hydrogens (tertiary/aromatic N) is 1. The van der Waals surface area contributed by atoms with Gasteiger partial charge in [0, 0.05) is 38.4 Å². The number of hydrogen-bond acceptors (Lipinski definition) is 6. The van der Waals surface area contributed by atoms with Crippen LogP contribution in [0.1, 0.15) is 42.5 Å². The molecule has 0 spiro atoms. The highest BCUT2D eigenvalue weighted by molar-refractivity contribution is 6.34. The van der Waals surface area contributed by atoms with E-state index < -0.39 is 5.97 Å². The van der Waals surface area contributed by atoms with Crippen LogP contribution in [0.3, 0.4) is 0 Å². The molecule has 2 unspecified atom stereocenters. The average Bonchev–Trinajstić information content (AvgIpc) is 2.67. The molecular weight excluding hydrogens is 398 g/mol. The number of anilines is 1. The van der Waals surface area contributed by atoms with Gasteiger partial charge < -0.3 is 30.5 Å². The van der Waals surface area contributed by atoms with Crippen LogP contribution in [0.4, 0.5) is 5.69 Å². The van der Waals surface area contributed by atoms with Gasteiger partial charge in [-0.15, -0.1) is 0 Å². The largest absolute Gasteiger partial charge is 0.496 e. The van der Waals surface area contributed by atoms with Crippen LogP contribution in [0.15, 0.2) is 12.1 Å². The van der Waals surface area contributed by atoms with E-state index >= 15 is 0 Å². The molecule has 8 nitrogen and oxygen atoms in total. The first-order chi connectivity index (χ1) is 13.8. The van der Waals surface area contributed by atoms with Gasteiger partial charge in [0.2, 0.25) is 0 Å². The third-order valence-corrected chi connectivity index (χ3v) is 5.45. The van der Waals surface area contributed by atoms with Crippen LogP contribution >= 0.6 is 11.6 Å². The van der Waals surface area contributed by atoms with Gasteiger partial charge in [-0.3, -0.25) is 9.59 Å². The minimum absolute atomic E-state index is 0.144. The van der Waals surface area contributed by atoms with E-state index in [0.29, 0.717) is 24.4 Å². The lowest BCUT2D eigenvalue weighted by Crippen LogP contribution is -2.54. The number of nitrogens with two attached hydrogens (primary N) is 1. The molecule has 9 heteroatoms. The fraction of sp³-hybridized carbons (Fsp3) is 0.600. The van der Waals surface area contributed by atoms with Crippen molar-refractivity contribution in [3.63, 3.8) is 0 Å². The quantitative estimate of drug-likeness (QED) is 0.388. The van der Waals surface area contributed by atoms with Gasteiger partial charge in [0.1, 0.15) is 11.3 Å². The van der Waals surface area contributed by atoms with E-state index in [2.05, 4.69) is 10.2 Å². The Morgan fingerprint density at radius 3 is 2.72 bits per heavy atom. The summed E-state index contributed by atoms with van der Waals surface area (Å²) in [5, 5.41) is 12.0. The summed E-state index contributed by atoms with van der Waals surface area (Å²) in [6.45, 7) is 2.42. The van der Waals surface area contributed by atoms with Crippen molar-refractivity contribution >= 4 is 29.2 Å². The third-order valence-electron chi connectivity index (χ3n) is 5.15. The van der Waals surface area contributed by atoms with E-state index in [1.54, 1.807) is 13.2 Å². The highest BCUT2D eigenvalue weighted by atomic mass is 35.5. The summed E-state index contributed by atoms with van der Waals surface area (Å²) in [6.07, 6.45) is 3.33. The first-order valence-corrected chi connectivity index (χ1v) is 10.1. The molecule has 29 heavy (non-hydrogen) atoms. The molecule has 1 aliphatic rings. The maximum Gasteiger partial charge on any atom is 0.303 e. The van der Waals surface area contributed by atoms with Crippen molar-refractivity contribution in [2.75, 3.05) is 39.6 Å². The van der Waals surface area contributed by atoms with Crippen LogP contribution in [0.25, 0.3) is 0 Å². The zero-order chi connectivity index (χ0) is 21.4. The highest BCUT2D eigenvalue weighted by Gasteiger charge is 2.31. The van der Waals surface area contributed by atoms with Crippen LogP contribution in [-0.4, -0.2) is 67.9 Å². The number of piperidine rings is 1. The number of hydrogen-bond donors (Lipinski definition) is 3. The normalized spacial score (nSPS) is 19.7. The molecule has 0 saturated carbocycles. The number of likely N-dealkylation sites (tertiary alicyclic amines) is 1. The van der Waals surface area contributed by atoms with Crippen LogP contribution in [0, 0.1) is 0 Å². The lowest BCUT2D eigenvalue weighted by molar-refractivity contribution is -0.137. The van der Waals surface area contributed by atoms with Gasteiger partial charge >= 0.3 is 5.97 Å². The first-order valence-electron chi connectivity index (χ1n) is 9.76. The molecule has 1 amide bonds. The molecule has 1 aromatic rings. The summed E-state index contributed by atoms with van der Waals surface area (Å²) in [4.78, 5) is 25.7. The van der Waals surface area contributed by atoms with Gasteiger partial charge in [0.25, 0.3) is 5.91 Å². The Hall–Kier alpha value is -2.03. The molecule has 1 saturated heterocycles. The fourth-order valence-electron chi connectivity index (χ4n) is 3.60. The number of unbranched alkanes of at least 4 members (excludes halogenated alkanes) is 2. The number of amides is 1. The number of carboxylic acid groups (broad SMARTS) is 1. The lowest BCUT2D eigenvalue weighted by atomic mass is 10.00. The van der Waals surface area contributed by atoms with Gasteiger partial charge in [0.15, 0.2) is 0 Å². The number of methoxy groups -OCH3 is 2. The van der Waals surface area contributed by atoms with Crippen LogP contribution in [-0.2, 0) is 9.53 Å². The number of benzene rings is 1. The number of carbonyl (C=O) groups is 2. The standard InChI is InChI=1S/C20H30ClN3O5/c1-28-16-11-13(22)10-14(21)19(16)20(27)23-15-7-9-24(12-17(15)29-2)8-5-3-4-6-18(25)26/h10-11,15,17H,3-9,12,22H2,1-2H3,(H,23,27)(H,25,26). The third kappa shape index (κ3) is 6.76. The molecule has 1 aliphatic heterocycles. The van der Waals surface area contributed by atoms with Crippen molar-refractivity contribution in [1.82, 2.24) is 10.2 Å². The number of nitrogens with one attached hydrogen (secondary N) is 1. The number of halogens is 1. The number of carbonyl (C=O) groups excluding carboxylic acids is 1. The maximum absolute atomic E-state index is 12.8. The topological polar surface area (TPSA) is 114 Å². The van der Waals surface area contributed by atoms with Crippen molar-refractivity contribution in [3.8, 4) is 5.75 Å². The summed E-state index contributed by atoms with van der Waals surface area (Å²) in [5.74, 6) is -0.736. The predicted molar refractivity (Wildman–Crippen MR) is 112 cm³/mol. The Balaban J connectivity index is 1.91. The second-order valence-electron chi connectivity index (χ2n) is 7.23. The van der Waals surface area contributed by atoms with E-state index in [1.165, 1.54) is 13.2 Å². The Morgan fingerprint density at radius 2 is 2.07 bits per heavy atom. The molecule has 2 rings (SSSR count). The van der Waals surface area contributed by atoms with E-state index in [0.717, 1.165) is 32.4 Å². The van der Waals surface area contributed by atoms with Crippen molar-refractivity contribution in [2.24, 2.45) is 0 Å². The average molecular weight is 428 g/mol. The van der Waals surface area contributed by atoms with E-state index in [9.17, 15) is 9.59 Å². The molecule has 0 aliphatic carbocycles. The van der Waals surface area contributed by atoms with Crippen LogP contribution in [0.2, 0.25) is 5.02 Å². The zero-order valence-electron chi connectivity index (χ0n) is 16.9. The van der Waals surface area contributed by atoms with Gasteiger partial charge in [-0.1, -0.05) is 18.0 Å². The number of nitrogen functional groups attached to an aromatic ring is 1. The van der Waals surface area contributed by atoms with E-state index in [4.69, 9.17) is 31.9 Å². The van der Waals surface area contributed by atoms with Crippen molar-refractivity contribution in [3.05, 3.63) is 22.7 Å². The Morgan fingerprint density at radius 1 is 1.31 bits per heavy atom. The molecule has 1 heterocycles. The SMILES string of the molecule is COc1cc(N)cc(Cl)c1C(=O)NC1CCN(CCCCCC(=O)O)CC1OC. The van der Waals surface area contributed by atoms with Crippen molar-refractivity contribution in [2.45, 2.75) is 44.2 Å². The smallest absolute Gasteiger partial charge is 0.303 e. The summed E-state index contributed by atoms with van der Waals surface area (Å²) < 4.78 is 10.9. The Labute approximate surface area is 176 Å². The van der Waals surface area contributed by atoms with Crippen molar-refractivity contribution in [1.29, 1.82) is 0 Å². The van der Waals surface area contributed by atoms with Crippen LogP contribution in [0.5, 0.6) is 5.75 Å².